The summed E-state index contributed by atoms with van der Waals surface area (Å²) in [5.41, 5.74) is -1.84. The summed E-state index contributed by atoms with van der Waals surface area (Å²) in [7, 11) is 0. The molecular formula is C9H5Na3O7. The Bertz CT molecular complexity index is 461. The molecule has 0 aliphatic rings. The zero-order chi connectivity index (χ0) is 11.6. The number of hydrogen-bond acceptors (Lipinski definition) is 6. The average Bonchev–Trinajstić information content (AvgIpc) is 2.16. The third-order valence-electron chi connectivity index (χ3n) is 1.70. The molecule has 10 heteroatoms. The van der Waals surface area contributed by atoms with Crippen LogP contribution in [0.2, 0.25) is 0 Å². The van der Waals surface area contributed by atoms with E-state index < -0.39 is 34.6 Å². The normalized spacial score (nSPS) is 7.58. The zero-order valence-corrected chi connectivity index (χ0v) is 16.7. The Hall–Kier alpha value is 0.590. The first-order chi connectivity index (χ1) is 6.93. The Kier molecular flexibility index (Phi) is 18.1. The molecule has 0 saturated carbocycles. The summed E-state index contributed by atoms with van der Waals surface area (Å²) >= 11 is 0. The maximum absolute atomic E-state index is 10.5. The Morgan fingerprint density at radius 2 is 1.16 bits per heavy atom. The van der Waals surface area contributed by atoms with Gasteiger partial charge in [0.1, 0.15) is 0 Å². The molecular weight excluding hydrogens is 289 g/mol. The van der Waals surface area contributed by atoms with Crippen molar-refractivity contribution in [2.75, 3.05) is 0 Å². The standard InChI is InChI=1S/C9H6O6.3Na.H2O/c10-7(11)4-1-2-5(8(12)13)6(3-4)9(14)15;;;;/h1-3H,(H,10,11)(H,12,13)(H,14,15);;;;1H2/q;3*+1;/p-3. The molecule has 0 bridgehead atoms. The van der Waals surface area contributed by atoms with E-state index in [0.717, 1.165) is 12.1 Å². The summed E-state index contributed by atoms with van der Waals surface area (Å²) in [4.78, 5) is 31.3. The SMILES string of the molecule is O.O=C([O-])c1ccc(C(=O)[O-])c(C(=O)[O-])c1.[Na+].[Na+].[Na+]. The van der Waals surface area contributed by atoms with Crippen molar-refractivity contribution in [2.24, 2.45) is 0 Å². The van der Waals surface area contributed by atoms with Crippen LogP contribution in [0.3, 0.4) is 0 Å². The first kappa shape index (κ1) is 27.9. The fraction of sp³-hybridized carbons (Fsp3) is 0. The van der Waals surface area contributed by atoms with E-state index in [-0.39, 0.29) is 94.1 Å². The molecule has 7 nitrogen and oxygen atoms in total. The van der Waals surface area contributed by atoms with Gasteiger partial charge in [-0.25, -0.2) is 0 Å². The molecule has 0 fully saturated rings. The van der Waals surface area contributed by atoms with E-state index in [1.165, 1.54) is 0 Å². The second-order valence-corrected chi connectivity index (χ2v) is 2.62. The summed E-state index contributed by atoms with van der Waals surface area (Å²) in [5.74, 6) is -5.13. The molecule has 0 unspecified atom stereocenters. The van der Waals surface area contributed by atoms with Crippen molar-refractivity contribution in [1.82, 2.24) is 0 Å². The predicted molar refractivity (Wildman–Crippen MR) is 43.0 cm³/mol. The number of hydrogen-bond donors (Lipinski definition) is 0. The fourth-order valence-corrected chi connectivity index (χ4v) is 1.02. The Balaban J connectivity index is -0.000000281. The van der Waals surface area contributed by atoms with Gasteiger partial charge in [-0.2, -0.15) is 0 Å². The minimum absolute atomic E-state index is 0. The molecule has 0 spiro atoms. The average molecular weight is 294 g/mol. The largest absolute Gasteiger partial charge is 1.00 e. The van der Waals surface area contributed by atoms with Crippen LogP contribution in [0.5, 0.6) is 0 Å². The van der Waals surface area contributed by atoms with Gasteiger partial charge in [0, 0.05) is 11.1 Å². The maximum Gasteiger partial charge on any atom is 1.00 e. The molecule has 19 heavy (non-hydrogen) atoms. The van der Waals surface area contributed by atoms with E-state index in [0.29, 0.717) is 6.07 Å². The monoisotopic (exact) mass is 294 g/mol. The van der Waals surface area contributed by atoms with Crippen LogP contribution in [0.1, 0.15) is 31.1 Å². The van der Waals surface area contributed by atoms with E-state index in [1.807, 2.05) is 0 Å². The third-order valence-corrected chi connectivity index (χ3v) is 1.70. The van der Waals surface area contributed by atoms with Gasteiger partial charge in [-0.05, 0) is 11.6 Å². The van der Waals surface area contributed by atoms with Gasteiger partial charge in [-0.15, -0.1) is 0 Å². The first-order valence-electron chi connectivity index (χ1n) is 3.71. The van der Waals surface area contributed by atoms with Crippen LogP contribution in [-0.4, -0.2) is 23.4 Å². The van der Waals surface area contributed by atoms with Crippen molar-refractivity contribution in [3.63, 3.8) is 0 Å². The summed E-state index contributed by atoms with van der Waals surface area (Å²) in [6, 6.07) is 2.37. The van der Waals surface area contributed by atoms with E-state index in [1.54, 1.807) is 0 Å². The van der Waals surface area contributed by atoms with Crippen LogP contribution >= 0.6 is 0 Å². The van der Waals surface area contributed by atoms with Crippen LogP contribution < -0.4 is 104 Å². The molecule has 0 amide bonds. The van der Waals surface area contributed by atoms with Crippen molar-refractivity contribution >= 4 is 17.9 Å². The number of rotatable bonds is 3. The fourth-order valence-electron chi connectivity index (χ4n) is 1.02. The third kappa shape index (κ3) is 7.81. The molecule has 0 saturated heterocycles. The van der Waals surface area contributed by atoms with Crippen molar-refractivity contribution in [1.29, 1.82) is 0 Å². The number of carboxylic acids is 3. The smallest absolute Gasteiger partial charge is 0.545 e. The Morgan fingerprint density at radius 3 is 1.47 bits per heavy atom. The zero-order valence-electron chi connectivity index (χ0n) is 10.7. The summed E-state index contributed by atoms with van der Waals surface area (Å²) in [5, 5.41) is 31.3. The van der Waals surface area contributed by atoms with Crippen LogP contribution in [-0.2, 0) is 0 Å². The minimum atomic E-state index is -1.79. The molecule has 0 atom stereocenters. The van der Waals surface area contributed by atoms with Gasteiger partial charge in [0.05, 0.1) is 17.9 Å². The van der Waals surface area contributed by atoms with E-state index >= 15 is 0 Å². The number of carbonyl (C=O) groups excluding carboxylic acids is 3. The summed E-state index contributed by atoms with van der Waals surface area (Å²) in [6.45, 7) is 0. The molecule has 0 heterocycles. The van der Waals surface area contributed by atoms with Gasteiger partial charge in [-0.3, -0.25) is 0 Å². The van der Waals surface area contributed by atoms with Gasteiger partial charge < -0.3 is 35.2 Å². The van der Waals surface area contributed by atoms with E-state index in [2.05, 4.69) is 0 Å². The maximum atomic E-state index is 10.5. The van der Waals surface area contributed by atoms with Gasteiger partial charge in [-0.1, -0.05) is 12.1 Å². The Labute approximate surface area is 174 Å². The molecule has 2 N–H and O–H groups in total. The second kappa shape index (κ2) is 12.3. The minimum Gasteiger partial charge on any atom is -0.545 e. The van der Waals surface area contributed by atoms with Crippen LogP contribution in [0.4, 0.5) is 0 Å². The van der Waals surface area contributed by atoms with Gasteiger partial charge in [0.2, 0.25) is 0 Å². The first-order valence-corrected chi connectivity index (χ1v) is 3.71. The molecule has 1 aromatic rings. The molecule has 1 aromatic carbocycles. The van der Waals surface area contributed by atoms with Gasteiger partial charge in [0.15, 0.2) is 0 Å². The summed E-state index contributed by atoms with van der Waals surface area (Å²) < 4.78 is 0. The number of carboxylic acid groups (broad SMARTS) is 3. The van der Waals surface area contributed by atoms with Crippen molar-refractivity contribution in [2.45, 2.75) is 0 Å². The van der Waals surface area contributed by atoms with Crippen molar-refractivity contribution < 1.29 is 124 Å². The summed E-state index contributed by atoms with van der Waals surface area (Å²) in [6.07, 6.45) is 0. The van der Waals surface area contributed by atoms with E-state index in [9.17, 15) is 29.7 Å². The van der Waals surface area contributed by atoms with Crippen molar-refractivity contribution in [3.8, 4) is 0 Å². The molecule has 0 aromatic heterocycles. The van der Waals surface area contributed by atoms with Crippen LogP contribution in [0.15, 0.2) is 18.2 Å². The van der Waals surface area contributed by atoms with E-state index in [4.69, 9.17) is 0 Å². The number of carbonyl (C=O) groups is 3. The van der Waals surface area contributed by atoms with Crippen LogP contribution in [0.25, 0.3) is 0 Å². The topological polar surface area (TPSA) is 152 Å². The number of aromatic carboxylic acids is 3. The number of benzene rings is 1. The molecule has 0 aliphatic heterocycles. The van der Waals surface area contributed by atoms with Gasteiger partial charge >= 0.3 is 88.7 Å². The molecule has 0 radical (unpaired) electrons. The molecule has 0 aliphatic carbocycles. The quantitative estimate of drug-likeness (QED) is 0.504. The molecule has 86 valence electrons. The van der Waals surface area contributed by atoms with Crippen LogP contribution in [0, 0.1) is 0 Å². The second-order valence-electron chi connectivity index (χ2n) is 2.62. The Morgan fingerprint density at radius 1 is 0.737 bits per heavy atom. The molecule has 1 rings (SSSR count). The predicted octanol–water partition coefficient (Wildman–Crippen LogP) is -13.0. The van der Waals surface area contributed by atoms with Gasteiger partial charge in [0.25, 0.3) is 0 Å². The van der Waals surface area contributed by atoms with Crippen molar-refractivity contribution in [3.05, 3.63) is 34.9 Å².